The van der Waals surface area contributed by atoms with Crippen LogP contribution in [0, 0.1) is 5.92 Å². The van der Waals surface area contributed by atoms with Crippen LogP contribution >= 0.6 is 0 Å². The van der Waals surface area contributed by atoms with Crippen molar-refractivity contribution in [2.24, 2.45) is 5.92 Å². The molecule has 0 saturated carbocycles. The van der Waals surface area contributed by atoms with Crippen molar-refractivity contribution in [2.45, 2.75) is 45.9 Å². The van der Waals surface area contributed by atoms with Gasteiger partial charge in [0.05, 0.1) is 11.4 Å². The van der Waals surface area contributed by atoms with Crippen LogP contribution in [0.25, 0.3) is 0 Å². The quantitative estimate of drug-likeness (QED) is 0.910. The van der Waals surface area contributed by atoms with Crippen LogP contribution in [0.3, 0.4) is 0 Å². The van der Waals surface area contributed by atoms with Crippen LogP contribution in [0.1, 0.15) is 31.7 Å². The Morgan fingerprint density at radius 1 is 1.33 bits per heavy atom. The Morgan fingerprint density at radius 3 is 2.96 bits per heavy atom. The molecule has 2 aromatic heterocycles. The number of amides is 1. The first-order valence-electron chi connectivity index (χ1n) is 8.56. The number of carbonyl (C=O) groups is 1. The third kappa shape index (κ3) is 4.00. The maximum absolute atomic E-state index is 11.9. The third-order valence-corrected chi connectivity index (χ3v) is 4.49. The number of aryl methyl sites for hydroxylation is 1. The highest BCUT2D eigenvalue weighted by Crippen LogP contribution is 2.19. The van der Waals surface area contributed by atoms with Crippen LogP contribution < -0.4 is 5.32 Å². The Kier molecular flexibility index (Phi) is 5.25. The number of fused-ring (bicyclic) bond motifs is 1. The second kappa shape index (κ2) is 7.57. The summed E-state index contributed by atoms with van der Waals surface area (Å²) < 4.78 is 2.07. The summed E-state index contributed by atoms with van der Waals surface area (Å²) in [6.45, 7) is 6.97. The summed E-state index contributed by atoms with van der Waals surface area (Å²) in [6.07, 6.45) is 4.64. The Hall–Kier alpha value is -2.21. The van der Waals surface area contributed by atoms with E-state index in [1.807, 2.05) is 44.4 Å². The molecule has 3 heterocycles. The van der Waals surface area contributed by atoms with Gasteiger partial charge in [-0.15, -0.1) is 0 Å². The van der Waals surface area contributed by atoms with Crippen molar-refractivity contribution in [3.63, 3.8) is 0 Å². The number of aromatic nitrogens is 3. The van der Waals surface area contributed by atoms with Crippen molar-refractivity contribution in [2.75, 3.05) is 6.54 Å². The first-order valence-corrected chi connectivity index (χ1v) is 8.56. The van der Waals surface area contributed by atoms with E-state index in [9.17, 15) is 4.79 Å². The number of nitrogens with zero attached hydrogens (tertiary/aromatic N) is 4. The molecule has 0 aromatic carbocycles. The van der Waals surface area contributed by atoms with Crippen molar-refractivity contribution in [1.82, 2.24) is 25.0 Å². The lowest BCUT2D eigenvalue weighted by atomic mass is 10.1. The summed E-state index contributed by atoms with van der Waals surface area (Å²) in [7, 11) is 0. The number of hydrogen-bond donors (Lipinski definition) is 1. The molecule has 1 amide bonds. The van der Waals surface area contributed by atoms with Gasteiger partial charge >= 0.3 is 0 Å². The second-order valence-corrected chi connectivity index (χ2v) is 6.61. The third-order valence-electron chi connectivity index (χ3n) is 4.49. The number of hydrogen-bond acceptors (Lipinski definition) is 4. The normalized spacial score (nSPS) is 18.2. The standard InChI is InChI=1S/C18H25N5O/c1-14(2)18(24)20-11-16-7-10-23-17(6-9-21-23)13-22(16)12-15-5-3-4-8-19-15/h3-6,8-9,14,16H,7,10-13H2,1-2H3,(H,20,24). The van der Waals surface area contributed by atoms with Gasteiger partial charge in [0.1, 0.15) is 0 Å². The van der Waals surface area contributed by atoms with Crippen LogP contribution in [0.4, 0.5) is 0 Å². The van der Waals surface area contributed by atoms with Crippen molar-refractivity contribution >= 4 is 5.91 Å². The minimum atomic E-state index is 0.00968. The minimum absolute atomic E-state index is 0.00968. The molecule has 6 heteroatoms. The molecular formula is C18H25N5O. The smallest absolute Gasteiger partial charge is 0.222 e. The lowest BCUT2D eigenvalue weighted by molar-refractivity contribution is -0.124. The highest BCUT2D eigenvalue weighted by molar-refractivity contribution is 5.77. The SMILES string of the molecule is CC(C)C(=O)NCC1CCn2nccc2CN1Cc1ccccn1. The van der Waals surface area contributed by atoms with Crippen LogP contribution in [-0.4, -0.2) is 38.2 Å². The number of pyridine rings is 1. The summed E-state index contributed by atoms with van der Waals surface area (Å²) in [5.74, 6) is 0.116. The average Bonchev–Trinajstić information content (AvgIpc) is 2.95. The first-order chi connectivity index (χ1) is 11.6. The molecule has 1 atom stereocenters. The zero-order chi connectivity index (χ0) is 16.9. The molecule has 0 fully saturated rings. The van der Waals surface area contributed by atoms with Gasteiger partial charge in [-0.2, -0.15) is 5.10 Å². The molecule has 2 aromatic rings. The molecule has 1 aliphatic heterocycles. The molecule has 1 unspecified atom stereocenters. The van der Waals surface area contributed by atoms with E-state index >= 15 is 0 Å². The van der Waals surface area contributed by atoms with Crippen LogP contribution in [0.5, 0.6) is 0 Å². The first kappa shape index (κ1) is 16.6. The van der Waals surface area contributed by atoms with E-state index < -0.39 is 0 Å². The van der Waals surface area contributed by atoms with Crippen LogP contribution in [0.15, 0.2) is 36.7 Å². The molecule has 3 rings (SSSR count). The van der Waals surface area contributed by atoms with Crippen molar-refractivity contribution in [3.05, 3.63) is 48.0 Å². The maximum atomic E-state index is 11.9. The molecule has 0 spiro atoms. The van der Waals surface area contributed by atoms with Crippen molar-refractivity contribution < 1.29 is 4.79 Å². The van der Waals surface area contributed by atoms with Crippen LogP contribution in [-0.2, 0) is 24.4 Å². The Balaban J connectivity index is 1.73. The van der Waals surface area contributed by atoms with Gasteiger partial charge in [0, 0.05) is 50.5 Å². The minimum Gasteiger partial charge on any atom is -0.354 e. The van der Waals surface area contributed by atoms with Gasteiger partial charge < -0.3 is 5.32 Å². The molecular weight excluding hydrogens is 302 g/mol. The van der Waals surface area contributed by atoms with Gasteiger partial charge in [-0.05, 0) is 24.6 Å². The topological polar surface area (TPSA) is 63.1 Å². The van der Waals surface area contributed by atoms with Gasteiger partial charge in [-0.25, -0.2) is 0 Å². The number of nitrogens with one attached hydrogen (secondary N) is 1. The fourth-order valence-corrected chi connectivity index (χ4v) is 3.03. The molecule has 0 bridgehead atoms. The number of rotatable bonds is 5. The lowest BCUT2D eigenvalue weighted by Crippen LogP contribution is -2.43. The zero-order valence-electron chi connectivity index (χ0n) is 14.4. The molecule has 128 valence electrons. The molecule has 0 saturated heterocycles. The van der Waals surface area contributed by atoms with E-state index in [-0.39, 0.29) is 17.9 Å². The van der Waals surface area contributed by atoms with E-state index in [4.69, 9.17) is 0 Å². The van der Waals surface area contributed by atoms with Gasteiger partial charge in [0.2, 0.25) is 5.91 Å². The summed E-state index contributed by atoms with van der Waals surface area (Å²) in [4.78, 5) is 18.8. The van der Waals surface area contributed by atoms with Crippen molar-refractivity contribution in [1.29, 1.82) is 0 Å². The Bertz CT molecular complexity index is 667. The summed E-state index contributed by atoms with van der Waals surface area (Å²) in [6, 6.07) is 8.34. The average molecular weight is 327 g/mol. The van der Waals surface area contributed by atoms with Gasteiger partial charge in [0.25, 0.3) is 0 Å². The molecule has 0 radical (unpaired) electrons. The highest BCUT2D eigenvalue weighted by atomic mass is 16.1. The maximum Gasteiger partial charge on any atom is 0.222 e. The van der Waals surface area contributed by atoms with Gasteiger partial charge in [-0.3, -0.25) is 19.4 Å². The molecule has 6 nitrogen and oxygen atoms in total. The van der Waals surface area contributed by atoms with Gasteiger partial charge in [-0.1, -0.05) is 19.9 Å². The largest absolute Gasteiger partial charge is 0.354 e. The summed E-state index contributed by atoms with van der Waals surface area (Å²) in [5, 5.41) is 7.49. The molecule has 24 heavy (non-hydrogen) atoms. The predicted molar refractivity (Wildman–Crippen MR) is 92.0 cm³/mol. The predicted octanol–water partition coefficient (Wildman–Crippen LogP) is 1.82. The molecule has 0 aliphatic carbocycles. The second-order valence-electron chi connectivity index (χ2n) is 6.61. The molecule has 1 N–H and O–H groups in total. The lowest BCUT2D eigenvalue weighted by Gasteiger charge is -2.29. The molecule has 1 aliphatic rings. The van der Waals surface area contributed by atoms with E-state index in [1.165, 1.54) is 5.69 Å². The summed E-state index contributed by atoms with van der Waals surface area (Å²) in [5.41, 5.74) is 2.26. The van der Waals surface area contributed by atoms with Gasteiger partial charge in [0.15, 0.2) is 0 Å². The van der Waals surface area contributed by atoms with Crippen LogP contribution in [0.2, 0.25) is 0 Å². The zero-order valence-corrected chi connectivity index (χ0v) is 14.4. The summed E-state index contributed by atoms with van der Waals surface area (Å²) >= 11 is 0. The van der Waals surface area contributed by atoms with E-state index in [1.54, 1.807) is 0 Å². The monoisotopic (exact) mass is 327 g/mol. The Morgan fingerprint density at radius 2 is 2.21 bits per heavy atom. The van der Waals surface area contributed by atoms with E-state index in [2.05, 4.69) is 31.0 Å². The van der Waals surface area contributed by atoms with E-state index in [0.717, 1.165) is 31.7 Å². The Labute approximate surface area is 142 Å². The fraction of sp³-hybridized carbons (Fsp3) is 0.500. The van der Waals surface area contributed by atoms with Crippen molar-refractivity contribution in [3.8, 4) is 0 Å². The fourth-order valence-electron chi connectivity index (χ4n) is 3.03. The van der Waals surface area contributed by atoms with E-state index in [0.29, 0.717) is 6.54 Å². The highest BCUT2D eigenvalue weighted by Gasteiger charge is 2.25. The number of carbonyl (C=O) groups excluding carboxylic acids is 1.